The quantitative estimate of drug-likeness (QED) is 0.670. The number of aliphatic carboxylic acids is 1. The molecule has 3 rings (SSSR count). The first-order valence-corrected chi connectivity index (χ1v) is 8.98. The highest BCUT2D eigenvalue weighted by Gasteiger charge is 2.49. The van der Waals surface area contributed by atoms with Gasteiger partial charge in [-0.25, -0.2) is 9.59 Å². The molecule has 0 saturated heterocycles. The second-order valence-electron chi connectivity index (χ2n) is 6.60. The fourth-order valence-corrected chi connectivity index (χ4v) is 3.03. The van der Waals surface area contributed by atoms with Crippen LogP contribution in [0, 0.1) is 0 Å². The summed E-state index contributed by atoms with van der Waals surface area (Å²) in [4.78, 5) is 41.6. The fourth-order valence-electron chi connectivity index (χ4n) is 3.03. The number of carbonyl (C=O) groups excluding carboxylic acids is 2. The van der Waals surface area contributed by atoms with Crippen LogP contribution in [0.4, 0.5) is 5.69 Å². The van der Waals surface area contributed by atoms with Crippen LogP contribution in [0.25, 0.3) is 0 Å². The highest BCUT2D eigenvalue weighted by Crippen LogP contribution is 2.31. The van der Waals surface area contributed by atoms with Crippen LogP contribution in [0.5, 0.6) is 5.75 Å². The predicted molar refractivity (Wildman–Crippen MR) is 107 cm³/mol. The van der Waals surface area contributed by atoms with Crippen LogP contribution in [0.1, 0.15) is 28.8 Å². The number of hydrogen-bond acceptors (Lipinski definition) is 7. The molecule has 0 radical (unpaired) electrons. The van der Waals surface area contributed by atoms with Gasteiger partial charge < -0.3 is 24.7 Å². The number of benzene rings is 2. The SMILES string of the molecule is COC(=O)c1ccccc1NC(=O)CC1(C(=O)O)CC(c2ccc(OC)cc2)=NO1. The summed E-state index contributed by atoms with van der Waals surface area (Å²) in [5, 5.41) is 16.2. The van der Waals surface area contributed by atoms with Crippen LogP contribution in [-0.2, 0) is 19.2 Å². The van der Waals surface area contributed by atoms with E-state index in [9.17, 15) is 19.5 Å². The maximum atomic E-state index is 12.6. The molecule has 156 valence electrons. The number of nitrogens with zero attached hydrogens (tertiary/aromatic N) is 1. The minimum Gasteiger partial charge on any atom is -0.497 e. The number of carboxylic acids is 1. The largest absolute Gasteiger partial charge is 0.497 e. The van der Waals surface area contributed by atoms with E-state index >= 15 is 0 Å². The summed E-state index contributed by atoms with van der Waals surface area (Å²) in [6, 6.07) is 13.2. The molecule has 0 aliphatic carbocycles. The van der Waals surface area contributed by atoms with Crippen LogP contribution in [0.15, 0.2) is 53.7 Å². The van der Waals surface area contributed by atoms with E-state index in [2.05, 4.69) is 10.5 Å². The van der Waals surface area contributed by atoms with Gasteiger partial charge in [-0.2, -0.15) is 0 Å². The molecule has 1 unspecified atom stereocenters. The zero-order chi connectivity index (χ0) is 21.7. The molecule has 2 N–H and O–H groups in total. The smallest absolute Gasteiger partial charge is 0.351 e. The van der Waals surface area contributed by atoms with Crippen LogP contribution in [-0.4, -0.2) is 48.5 Å². The molecule has 0 bridgehead atoms. The van der Waals surface area contributed by atoms with Crippen molar-refractivity contribution in [1.82, 2.24) is 0 Å². The molecule has 0 fully saturated rings. The van der Waals surface area contributed by atoms with E-state index in [-0.39, 0.29) is 17.7 Å². The van der Waals surface area contributed by atoms with Crippen molar-refractivity contribution < 1.29 is 33.8 Å². The lowest BCUT2D eigenvalue weighted by Crippen LogP contribution is -2.42. The van der Waals surface area contributed by atoms with Crippen molar-refractivity contribution in [2.24, 2.45) is 5.16 Å². The van der Waals surface area contributed by atoms with E-state index in [1.807, 2.05) is 0 Å². The van der Waals surface area contributed by atoms with Crippen molar-refractivity contribution in [3.8, 4) is 5.75 Å². The highest BCUT2D eigenvalue weighted by molar-refractivity contribution is 6.07. The summed E-state index contributed by atoms with van der Waals surface area (Å²) >= 11 is 0. The third kappa shape index (κ3) is 4.24. The number of ether oxygens (including phenoxy) is 2. The van der Waals surface area contributed by atoms with Crippen LogP contribution in [0.3, 0.4) is 0 Å². The molecule has 0 saturated carbocycles. The third-order valence-corrected chi connectivity index (χ3v) is 4.65. The van der Waals surface area contributed by atoms with Crippen LogP contribution >= 0.6 is 0 Å². The minimum atomic E-state index is -1.85. The first-order chi connectivity index (χ1) is 14.4. The average Bonchev–Trinajstić information content (AvgIpc) is 3.19. The Bertz CT molecular complexity index is 1000. The summed E-state index contributed by atoms with van der Waals surface area (Å²) in [7, 11) is 2.77. The second-order valence-corrected chi connectivity index (χ2v) is 6.60. The Morgan fingerprint density at radius 1 is 1.13 bits per heavy atom. The van der Waals surface area contributed by atoms with Gasteiger partial charge >= 0.3 is 11.9 Å². The summed E-state index contributed by atoms with van der Waals surface area (Å²) in [6.45, 7) is 0. The van der Waals surface area contributed by atoms with Crippen LogP contribution < -0.4 is 10.1 Å². The van der Waals surface area contributed by atoms with Gasteiger partial charge in [-0.3, -0.25) is 4.79 Å². The van der Waals surface area contributed by atoms with Crippen molar-refractivity contribution in [2.45, 2.75) is 18.4 Å². The van der Waals surface area contributed by atoms with Gasteiger partial charge in [0.25, 0.3) is 0 Å². The zero-order valence-electron chi connectivity index (χ0n) is 16.4. The zero-order valence-corrected chi connectivity index (χ0v) is 16.4. The molecule has 1 atom stereocenters. The molecule has 2 aromatic carbocycles. The number of amides is 1. The Morgan fingerprint density at radius 2 is 1.83 bits per heavy atom. The molecular formula is C21H20N2O7. The number of oxime groups is 1. The summed E-state index contributed by atoms with van der Waals surface area (Å²) < 4.78 is 9.80. The van der Waals surface area contributed by atoms with Gasteiger partial charge in [0.2, 0.25) is 11.5 Å². The number of methoxy groups -OCH3 is 2. The van der Waals surface area contributed by atoms with Crippen LogP contribution in [0.2, 0.25) is 0 Å². The Balaban J connectivity index is 1.75. The Hall–Kier alpha value is -3.88. The maximum Gasteiger partial charge on any atom is 0.351 e. The molecule has 9 nitrogen and oxygen atoms in total. The first-order valence-electron chi connectivity index (χ1n) is 8.98. The van der Waals surface area contributed by atoms with Gasteiger partial charge in [0.1, 0.15) is 5.75 Å². The predicted octanol–water partition coefficient (Wildman–Crippen LogP) is 2.46. The van der Waals surface area contributed by atoms with Gasteiger partial charge in [-0.1, -0.05) is 17.3 Å². The molecule has 1 aliphatic heterocycles. The number of rotatable bonds is 7. The fraction of sp³-hybridized carbons (Fsp3) is 0.238. The normalized spacial score (nSPS) is 17.5. The summed E-state index contributed by atoms with van der Waals surface area (Å²) in [5.74, 6) is -1.93. The summed E-state index contributed by atoms with van der Waals surface area (Å²) in [6.07, 6.45) is -0.596. The van der Waals surface area contributed by atoms with Crippen molar-refractivity contribution in [2.75, 3.05) is 19.5 Å². The first kappa shape index (κ1) is 20.8. The van der Waals surface area contributed by atoms with E-state index in [0.717, 1.165) is 0 Å². The Labute approximate surface area is 172 Å². The second kappa shape index (κ2) is 8.64. The highest BCUT2D eigenvalue weighted by atomic mass is 16.7. The lowest BCUT2D eigenvalue weighted by Gasteiger charge is -2.21. The molecular weight excluding hydrogens is 392 g/mol. The average molecular weight is 412 g/mol. The monoisotopic (exact) mass is 412 g/mol. The summed E-state index contributed by atoms with van der Waals surface area (Å²) in [5.41, 5.74) is -0.415. The van der Waals surface area contributed by atoms with Crippen molar-refractivity contribution in [3.63, 3.8) is 0 Å². The third-order valence-electron chi connectivity index (χ3n) is 4.65. The van der Waals surface area contributed by atoms with E-state index in [0.29, 0.717) is 17.0 Å². The molecule has 1 amide bonds. The molecule has 1 aliphatic rings. The van der Waals surface area contributed by atoms with Gasteiger partial charge in [-0.05, 0) is 42.0 Å². The Kier molecular flexibility index (Phi) is 6.01. The molecule has 30 heavy (non-hydrogen) atoms. The van der Waals surface area contributed by atoms with Gasteiger partial charge in [0.15, 0.2) is 0 Å². The van der Waals surface area contributed by atoms with Crippen molar-refractivity contribution >= 4 is 29.2 Å². The number of carbonyl (C=O) groups is 3. The standard InChI is InChI=1S/C21H20N2O7/c1-28-14-9-7-13(8-10-14)17-11-21(20(26)27,30-23-17)12-18(24)22-16-6-4-3-5-15(16)19(25)29-2/h3-10H,11-12H2,1-2H3,(H,22,24)(H,26,27). The number of anilines is 1. The Morgan fingerprint density at radius 3 is 2.47 bits per heavy atom. The van der Waals surface area contributed by atoms with Crippen molar-refractivity contribution in [3.05, 3.63) is 59.7 Å². The molecule has 1 heterocycles. The number of hydrogen-bond donors (Lipinski definition) is 2. The van der Waals surface area contributed by atoms with Gasteiger partial charge in [-0.15, -0.1) is 0 Å². The molecule has 0 spiro atoms. The van der Waals surface area contributed by atoms with E-state index in [1.54, 1.807) is 36.4 Å². The lowest BCUT2D eigenvalue weighted by molar-refractivity contribution is -0.165. The topological polar surface area (TPSA) is 124 Å². The number of nitrogens with one attached hydrogen (secondary N) is 1. The number of esters is 1. The number of carboxylic acid groups (broad SMARTS) is 1. The minimum absolute atomic E-state index is 0.0965. The molecule has 0 aromatic heterocycles. The molecule has 9 heteroatoms. The van der Waals surface area contributed by atoms with E-state index in [1.165, 1.54) is 26.4 Å². The van der Waals surface area contributed by atoms with E-state index in [4.69, 9.17) is 14.3 Å². The van der Waals surface area contributed by atoms with Crippen molar-refractivity contribution in [1.29, 1.82) is 0 Å². The lowest BCUT2D eigenvalue weighted by atomic mass is 9.90. The van der Waals surface area contributed by atoms with Gasteiger partial charge in [0, 0.05) is 6.42 Å². The van der Waals surface area contributed by atoms with E-state index < -0.39 is 29.9 Å². The maximum absolute atomic E-state index is 12.6. The number of para-hydroxylation sites is 1. The molecule has 2 aromatic rings. The van der Waals surface area contributed by atoms with Gasteiger partial charge in [0.05, 0.1) is 37.6 Å².